The van der Waals surface area contributed by atoms with E-state index in [1.54, 1.807) is 22.8 Å². The smallest absolute Gasteiger partial charge is 0.248 e. The zero-order chi connectivity index (χ0) is 15.2. The molecule has 1 heterocycles. The number of hydrogen-bond acceptors (Lipinski definition) is 4. The largest absolute Gasteiger partial charge is 0.314 e. The van der Waals surface area contributed by atoms with Crippen molar-refractivity contribution in [2.75, 3.05) is 11.9 Å². The molecule has 0 unspecified atom stereocenters. The van der Waals surface area contributed by atoms with E-state index in [0.29, 0.717) is 12.6 Å². The number of anilines is 1. The van der Waals surface area contributed by atoms with Crippen molar-refractivity contribution in [1.82, 2.24) is 20.3 Å². The van der Waals surface area contributed by atoms with E-state index in [1.807, 2.05) is 30.3 Å². The van der Waals surface area contributed by atoms with Crippen molar-refractivity contribution in [2.24, 2.45) is 0 Å². The summed E-state index contributed by atoms with van der Waals surface area (Å²) in [5, 5.41) is 11.3. The lowest BCUT2D eigenvalue weighted by molar-refractivity contribution is -0.119. The van der Waals surface area contributed by atoms with Crippen LogP contribution in [0, 0.1) is 0 Å². The highest BCUT2D eigenvalue weighted by Gasteiger charge is 2.12. The number of nitrogens with zero attached hydrogens (tertiary/aromatic N) is 4. The van der Waals surface area contributed by atoms with Crippen molar-refractivity contribution in [3.8, 4) is 0 Å². The predicted molar refractivity (Wildman–Crippen MR) is 81.8 cm³/mol. The molecular weight excluding hydrogens is 266 g/mol. The first-order chi connectivity index (χ1) is 10.1. The minimum Gasteiger partial charge on any atom is -0.314 e. The molecule has 2 rings (SSSR count). The van der Waals surface area contributed by atoms with E-state index in [9.17, 15) is 4.79 Å². The van der Waals surface area contributed by atoms with Gasteiger partial charge in [0.15, 0.2) is 0 Å². The Morgan fingerprint density at radius 1 is 1.33 bits per heavy atom. The predicted octanol–water partition coefficient (Wildman–Crippen LogP) is 1.44. The number of nitrogens with one attached hydrogen (secondary N) is 1. The third-order valence-corrected chi connectivity index (χ3v) is 3.09. The van der Waals surface area contributed by atoms with Gasteiger partial charge in [-0.15, -0.1) is 5.10 Å². The summed E-state index contributed by atoms with van der Waals surface area (Å²) in [4.78, 5) is 13.8. The number of para-hydroxylation sites is 1. The fourth-order valence-electron chi connectivity index (χ4n) is 1.85. The minimum atomic E-state index is -0.0329. The van der Waals surface area contributed by atoms with Gasteiger partial charge < -0.3 is 10.2 Å². The third-order valence-electron chi connectivity index (χ3n) is 3.09. The summed E-state index contributed by atoms with van der Waals surface area (Å²) in [6, 6.07) is 9.93. The van der Waals surface area contributed by atoms with Crippen LogP contribution >= 0.6 is 0 Å². The number of rotatable bonds is 6. The SMILES string of the molecule is CC(C)NCc1cn(CC(=O)N(C)c2ccccc2)nn1. The maximum absolute atomic E-state index is 12.2. The standard InChI is InChI=1S/C15H21N5O/c1-12(2)16-9-13-10-20(18-17-13)11-15(21)19(3)14-7-5-4-6-8-14/h4-8,10,12,16H,9,11H2,1-3H3. The molecule has 6 heteroatoms. The van der Waals surface area contributed by atoms with Crippen molar-refractivity contribution in [3.63, 3.8) is 0 Å². The molecule has 112 valence electrons. The number of amides is 1. The number of hydrogen-bond donors (Lipinski definition) is 1. The molecule has 0 bridgehead atoms. The second-order valence-electron chi connectivity index (χ2n) is 5.23. The number of carbonyl (C=O) groups is 1. The van der Waals surface area contributed by atoms with E-state index in [4.69, 9.17) is 0 Å². The Bertz CT molecular complexity index is 579. The Morgan fingerprint density at radius 2 is 2.05 bits per heavy atom. The molecule has 0 aliphatic rings. The molecule has 2 aromatic rings. The number of benzene rings is 1. The highest BCUT2D eigenvalue weighted by atomic mass is 16.2. The van der Waals surface area contributed by atoms with Crippen LogP contribution in [0.2, 0.25) is 0 Å². The molecule has 1 amide bonds. The first-order valence-electron chi connectivity index (χ1n) is 7.00. The van der Waals surface area contributed by atoms with Crippen molar-refractivity contribution in [1.29, 1.82) is 0 Å². The van der Waals surface area contributed by atoms with Crippen LogP contribution in [0.1, 0.15) is 19.5 Å². The highest BCUT2D eigenvalue weighted by Crippen LogP contribution is 2.11. The normalized spacial score (nSPS) is 10.9. The maximum atomic E-state index is 12.2. The molecule has 0 spiro atoms. The molecule has 1 aromatic heterocycles. The average molecular weight is 287 g/mol. The van der Waals surface area contributed by atoms with Gasteiger partial charge in [0.05, 0.1) is 11.9 Å². The Morgan fingerprint density at radius 3 is 2.71 bits per heavy atom. The zero-order valence-corrected chi connectivity index (χ0v) is 12.7. The van der Waals surface area contributed by atoms with Gasteiger partial charge in [-0.1, -0.05) is 37.3 Å². The zero-order valence-electron chi connectivity index (χ0n) is 12.7. The Hall–Kier alpha value is -2.21. The summed E-state index contributed by atoms with van der Waals surface area (Å²) in [6.45, 7) is 4.98. The van der Waals surface area contributed by atoms with Gasteiger partial charge in [0, 0.05) is 25.3 Å². The molecule has 6 nitrogen and oxygen atoms in total. The molecule has 0 aliphatic heterocycles. The molecule has 0 saturated carbocycles. The lowest BCUT2D eigenvalue weighted by Gasteiger charge is -2.16. The van der Waals surface area contributed by atoms with E-state index in [0.717, 1.165) is 11.4 Å². The summed E-state index contributed by atoms with van der Waals surface area (Å²) in [6.07, 6.45) is 1.80. The van der Waals surface area contributed by atoms with Crippen LogP contribution in [-0.2, 0) is 17.9 Å². The maximum Gasteiger partial charge on any atom is 0.248 e. The van der Waals surface area contributed by atoms with Gasteiger partial charge >= 0.3 is 0 Å². The van der Waals surface area contributed by atoms with Crippen molar-refractivity contribution in [2.45, 2.75) is 33.0 Å². The van der Waals surface area contributed by atoms with E-state index in [1.165, 1.54) is 0 Å². The molecule has 21 heavy (non-hydrogen) atoms. The van der Waals surface area contributed by atoms with Gasteiger partial charge in [0.25, 0.3) is 0 Å². The van der Waals surface area contributed by atoms with Crippen LogP contribution in [0.15, 0.2) is 36.5 Å². The second kappa shape index (κ2) is 6.99. The number of carbonyl (C=O) groups excluding carboxylic acids is 1. The van der Waals surface area contributed by atoms with E-state index < -0.39 is 0 Å². The van der Waals surface area contributed by atoms with Crippen molar-refractivity contribution in [3.05, 3.63) is 42.2 Å². The van der Waals surface area contributed by atoms with Gasteiger partial charge in [-0.25, -0.2) is 4.68 Å². The molecule has 1 aromatic carbocycles. The Kier molecular flexibility index (Phi) is 5.05. The van der Waals surface area contributed by atoms with Crippen LogP contribution in [0.25, 0.3) is 0 Å². The van der Waals surface area contributed by atoms with Gasteiger partial charge in [0.2, 0.25) is 5.91 Å². The lowest BCUT2D eigenvalue weighted by atomic mass is 10.3. The van der Waals surface area contributed by atoms with Crippen molar-refractivity contribution >= 4 is 11.6 Å². The van der Waals surface area contributed by atoms with Gasteiger partial charge in [-0.2, -0.15) is 0 Å². The molecule has 1 N–H and O–H groups in total. The van der Waals surface area contributed by atoms with Gasteiger partial charge in [0.1, 0.15) is 6.54 Å². The summed E-state index contributed by atoms with van der Waals surface area (Å²) in [7, 11) is 1.76. The second-order valence-corrected chi connectivity index (χ2v) is 5.23. The first kappa shape index (κ1) is 15.2. The number of aromatic nitrogens is 3. The van der Waals surface area contributed by atoms with Crippen LogP contribution in [0.4, 0.5) is 5.69 Å². The monoisotopic (exact) mass is 287 g/mol. The molecule has 0 saturated heterocycles. The Balaban J connectivity index is 1.93. The van der Waals surface area contributed by atoms with Gasteiger partial charge in [-0.3, -0.25) is 4.79 Å². The summed E-state index contributed by atoms with van der Waals surface area (Å²) in [5.41, 5.74) is 1.70. The fourth-order valence-corrected chi connectivity index (χ4v) is 1.85. The topological polar surface area (TPSA) is 63.1 Å². The summed E-state index contributed by atoms with van der Waals surface area (Å²) in [5.74, 6) is -0.0329. The van der Waals surface area contributed by atoms with Crippen LogP contribution < -0.4 is 10.2 Å². The van der Waals surface area contributed by atoms with E-state index in [-0.39, 0.29) is 12.5 Å². The fraction of sp³-hybridized carbons (Fsp3) is 0.400. The van der Waals surface area contributed by atoms with E-state index >= 15 is 0 Å². The van der Waals surface area contributed by atoms with Crippen LogP contribution in [0.3, 0.4) is 0 Å². The molecule has 0 radical (unpaired) electrons. The summed E-state index contributed by atoms with van der Waals surface area (Å²) < 4.78 is 1.57. The van der Waals surface area contributed by atoms with Gasteiger partial charge in [-0.05, 0) is 12.1 Å². The summed E-state index contributed by atoms with van der Waals surface area (Å²) >= 11 is 0. The minimum absolute atomic E-state index is 0.0329. The molecule has 0 atom stereocenters. The highest BCUT2D eigenvalue weighted by molar-refractivity contribution is 5.92. The quantitative estimate of drug-likeness (QED) is 0.873. The first-order valence-corrected chi connectivity index (χ1v) is 7.00. The van der Waals surface area contributed by atoms with Crippen LogP contribution in [0.5, 0.6) is 0 Å². The molecule has 0 fully saturated rings. The average Bonchev–Trinajstić information content (AvgIpc) is 2.92. The number of likely N-dealkylation sites (N-methyl/N-ethyl adjacent to an activating group) is 1. The third kappa shape index (κ3) is 4.39. The van der Waals surface area contributed by atoms with E-state index in [2.05, 4.69) is 29.5 Å². The van der Waals surface area contributed by atoms with Crippen LogP contribution in [-0.4, -0.2) is 34.0 Å². The Labute approximate surface area is 124 Å². The molecule has 0 aliphatic carbocycles. The van der Waals surface area contributed by atoms with Crippen molar-refractivity contribution < 1.29 is 4.79 Å². The lowest BCUT2D eigenvalue weighted by Crippen LogP contribution is -2.30. The molecular formula is C15H21N5O.